The number of hydrogen-bond acceptors (Lipinski definition) is 7. The van der Waals surface area contributed by atoms with Crippen LogP contribution >= 0.6 is 12.6 Å². The van der Waals surface area contributed by atoms with Crippen molar-refractivity contribution in [3.8, 4) is 0 Å². The monoisotopic (exact) mass is 462 g/mol. The zero-order chi connectivity index (χ0) is 24.3. The first-order valence-corrected chi connectivity index (χ1v) is 10.7. The van der Waals surface area contributed by atoms with Gasteiger partial charge in [0.15, 0.2) is 0 Å². The van der Waals surface area contributed by atoms with Crippen LogP contribution in [0.5, 0.6) is 0 Å². The second-order valence-electron chi connectivity index (χ2n) is 7.72. The Hall–Kier alpha value is -2.34. The smallest absolute Gasteiger partial charge is 0.326 e. The molecule has 0 radical (unpaired) electrons. The quantitative estimate of drug-likeness (QED) is 0.166. The maximum atomic E-state index is 12.6. The first kappa shape index (κ1) is 28.7. The van der Waals surface area contributed by atoms with E-state index in [1.165, 1.54) is 0 Å². The predicted octanol–water partition coefficient (Wildman–Crippen LogP) is -0.651. The molecule has 12 heteroatoms. The van der Waals surface area contributed by atoms with Crippen LogP contribution in [0.3, 0.4) is 0 Å². The van der Waals surface area contributed by atoms with E-state index in [-0.39, 0.29) is 24.0 Å². The van der Waals surface area contributed by atoms with Crippen LogP contribution in [0.4, 0.5) is 0 Å². The summed E-state index contributed by atoms with van der Waals surface area (Å²) in [6.45, 7) is 6.89. The number of hydrogen-bond donors (Lipinski definition) is 7. The summed E-state index contributed by atoms with van der Waals surface area (Å²) in [6, 6.07) is -4.49. The van der Waals surface area contributed by atoms with E-state index in [4.69, 9.17) is 10.8 Å². The average molecular weight is 463 g/mol. The second kappa shape index (κ2) is 13.9. The van der Waals surface area contributed by atoms with Gasteiger partial charge in [-0.2, -0.15) is 12.6 Å². The lowest BCUT2D eigenvalue weighted by molar-refractivity contribution is -0.144. The topological polar surface area (TPSA) is 188 Å². The number of rotatable bonds is 14. The molecule has 0 bridgehead atoms. The van der Waals surface area contributed by atoms with Gasteiger partial charge in [-0.25, -0.2) is 4.79 Å². The van der Waals surface area contributed by atoms with Gasteiger partial charge in [0, 0.05) is 12.2 Å². The minimum absolute atomic E-state index is 0.0969. The molecule has 5 atom stereocenters. The summed E-state index contributed by atoms with van der Waals surface area (Å²) < 4.78 is 0. The van der Waals surface area contributed by atoms with Gasteiger partial charge in [0.2, 0.25) is 17.7 Å². The summed E-state index contributed by atoms with van der Waals surface area (Å²) >= 11 is 4.04. The van der Waals surface area contributed by atoms with Gasteiger partial charge >= 0.3 is 11.9 Å². The Morgan fingerprint density at radius 2 is 1.42 bits per heavy atom. The molecule has 31 heavy (non-hydrogen) atoms. The average Bonchev–Trinajstić information content (AvgIpc) is 2.70. The molecule has 0 aromatic heterocycles. The Morgan fingerprint density at radius 3 is 1.84 bits per heavy atom. The molecule has 178 valence electrons. The summed E-state index contributed by atoms with van der Waals surface area (Å²) in [4.78, 5) is 59.8. The standard InChI is InChI=1S/C19H34N4O7S/c1-5-10(4)15(19(29)30)23-16(26)11(6-7-13(24)25)21-17(27)12(8-31)22-18(28)14(20)9(2)3/h9-12,14-15,31H,5-8,20H2,1-4H3,(H,21,27)(H,22,28)(H,23,26)(H,24,25)(H,29,30). The van der Waals surface area contributed by atoms with Gasteiger partial charge in [-0.3, -0.25) is 19.2 Å². The van der Waals surface area contributed by atoms with E-state index < -0.39 is 60.2 Å². The van der Waals surface area contributed by atoms with Crippen molar-refractivity contribution in [3.05, 3.63) is 0 Å². The number of carboxylic acid groups (broad SMARTS) is 2. The van der Waals surface area contributed by atoms with Crippen LogP contribution < -0.4 is 21.7 Å². The maximum absolute atomic E-state index is 12.6. The Labute approximate surface area is 187 Å². The summed E-state index contributed by atoms with van der Waals surface area (Å²) in [5.74, 6) is -5.25. The van der Waals surface area contributed by atoms with E-state index in [2.05, 4.69) is 28.6 Å². The van der Waals surface area contributed by atoms with Crippen molar-refractivity contribution in [2.24, 2.45) is 17.6 Å². The van der Waals surface area contributed by atoms with Crippen LogP contribution in [-0.2, 0) is 24.0 Å². The van der Waals surface area contributed by atoms with Crippen LogP contribution in [0.2, 0.25) is 0 Å². The molecule has 3 amide bonds. The largest absolute Gasteiger partial charge is 0.481 e. The summed E-state index contributed by atoms with van der Waals surface area (Å²) in [7, 11) is 0. The Bertz CT molecular complexity index is 659. The highest BCUT2D eigenvalue weighted by Gasteiger charge is 2.32. The molecule has 5 unspecified atom stereocenters. The molecule has 0 saturated carbocycles. The van der Waals surface area contributed by atoms with E-state index in [1.54, 1.807) is 27.7 Å². The van der Waals surface area contributed by atoms with Gasteiger partial charge in [0.1, 0.15) is 18.1 Å². The maximum Gasteiger partial charge on any atom is 0.326 e. The number of carbonyl (C=O) groups excluding carboxylic acids is 3. The fourth-order valence-corrected chi connectivity index (χ4v) is 2.77. The summed E-state index contributed by atoms with van der Waals surface area (Å²) in [6.07, 6.45) is -0.221. The molecular weight excluding hydrogens is 428 g/mol. The molecule has 0 fully saturated rings. The van der Waals surface area contributed by atoms with E-state index in [9.17, 15) is 29.1 Å². The second-order valence-corrected chi connectivity index (χ2v) is 8.08. The fourth-order valence-electron chi connectivity index (χ4n) is 2.51. The molecule has 7 N–H and O–H groups in total. The summed E-state index contributed by atoms with van der Waals surface area (Å²) in [5.41, 5.74) is 5.76. The third-order valence-corrected chi connectivity index (χ3v) is 5.26. The molecule has 0 aromatic rings. The van der Waals surface area contributed by atoms with Crippen LogP contribution in [0.15, 0.2) is 0 Å². The van der Waals surface area contributed by atoms with E-state index >= 15 is 0 Å². The van der Waals surface area contributed by atoms with E-state index in [0.29, 0.717) is 6.42 Å². The lowest BCUT2D eigenvalue weighted by Crippen LogP contribution is -2.58. The van der Waals surface area contributed by atoms with Crippen LogP contribution in [0, 0.1) is 11.8 Å². The number of amides is 3. The molecule has 0 heterocycles. The lowest BCUT2D eigenvalue weighted by Gasteiger charge is -2.26. The van der Waals surface area contributed by atoms with Gasteiger partial charge in [-0.1, -0.05) is 34.1 Å². The van der Waals surface area contributed by atoms with Crippen molar-refractivity contribution >= 4 is 42.3 Å². The normalized spacial score (nSPS) is 15.8. The van der Waals surface area contributed by atoms with Crippen molar-refractivity contribution < 1.29 is 34.2 Å². The molecule has 0 aromatic carbocycles. The van der Waals surface area contributed by atoms with Crippen molar-refractivity contribution in [1.82, 2.24) is 16.0 Å². The first-order chi connectivity index (χ1) is 14.3. The molecule has 0 spiro atoms. The van der Waals surface area contributed by atoms with E-state index in [1.807, 2.05) is 0 Å². The van der Waals surface area contributed by atoms with Crippen LogP contribution in [0.1, 0.15) is 47.0 Å². The molecule has 0 rings (SSSR count). The highest BCUT2D eigenvalue weighted by Crippen LogP contribution is 2.09. The summed E-state index contributed by atoms with van der Waals surface area (Å²) in [5, 5.41) is 25.5. The number of carboxylic acids is 2. The molecule has 0 aliphatic heterocycles. The third kappa shape index (κ3) is 10.0. The fraction of sp³-hybridized carbons (Fsp3) is 0.737. The number of nitrogens with two attached hydrogens (primary N) is 1. The minimum Gasteiger partial charge on any atom is -0.481 e. The van der Waals surface area contributed by atoms with E-state index in [0.717, 1.165) is 0 Å². The Kier molecular flexibility index (Phi) is 12.8. The number of nitrogens with one attached hydrogen (secondary N) is 3. The minimum atomic E-state index is -1.31. The third-order valence-electron chi connectivity index (χ3n) is 4.89. The van der Waals surface area contributed by atoms with Crippen molar-refractivity contribution in [1.29, 1.82) is 0 Å². The zero-order valence-corrected chi connectivity index (χ0v) is 19.1. The van der Waals surface area contributed by atoms with Crippen molar-refractivity contribution in [2.45, 2.75) is 71.1 Å². The van der Waals surface area contributed by atoms with Crippen LogP contribution in [0.25, 0.3) is 0 Å². The first-order valence-electron chi connectivity index (χ1n) is 10.1. The molecule has 11 nitrogen and oxygen atoms in total. The molecule has 0 aliphatic rings. The predicted molar refractivity (Wildman–Crippen MR) is 116 cm³/mol. The van der Waals surface area contributed by atoms with Gasteiger partial charge in [-0.15, -0.1) is 0 Å². The Balaban J connectivity index is 5.40. The highest BCUT2D eigenvalue weighted by molar-refractivity contribution is 7.80. The van der Waals surface area contributed by atoms with Gasteiger partial charge in [0.05, 0.1) is 6.04 Å². The molecular formula is C19H34N4O7S. The number of aliphatic carboxylic acids is 2. The van der Waals surface area contributed by atoms with Crippen molar-refractivity contribution in [2.75, 3.05) is 5.75 Å². The SMILES string of the molecule is CCC(C)C(NC(=O)C(CCC(=O)O)NC(=O)C(CS)NC(=O)C(N)C(C)C)C(=O)O. The number of carbonyl (C=O) groups is 5. The van der Waals surface area contributed by atoms with Crippen LogP contribution in [-0.4, -0.2) is 69.8 Å². The lowest BCUT2D eigenvalue weighted by atomic mass is 9.98. The molecule has 0 saturated heterocycles. The van der Waals surface area contributed by atoms with Crippen molar-refractivity contribution in [3.63, 3.8) is 0 Å². The van der Waals surface area contributed by atoms with Gasteiger partial charge in [0.25, 0.3) is 0 Å². The number of thiol groups is 1. The molecule has 0 aliphatic carbocycles. The Morgan fingerprint density at radius 1 is 0.903 bits per heavy atom. The highest BCUT2D eigenvalue weighted by atomic mass is 32.1. The zero-order valence-electron chi connectivity index (χ0n) is 18.3. The van der Waals surface area contributed by atoms with Gasteiger partial charge < -0.3 is 31.9 Å². The van der Waals surface area contributed by atoms with Gasteiger partial charge in [-0.05, 0) is 18.3 Å².